The van der Waals surface area contributed by atoms with Crippen molar-refractivity contribution in [3.63, 3.8) is 0 Å². The highest BCUT2D eigenvalue weighted by Gasteiger charge is 2.22. The number of halogens is 1. The quantitative estimate of drug-likeness (QED) is 0.760. The number of nitrogens with zero attached hydrogens (tertiary/aromatic N) is 3. The lowest BCUT2D eigenvalue weighted by Gasteiger charge is -2.25. The zero-order chi connectivity index (χ0) is 12.4. The summed E-state index contributed by atoms with van der Waals surface area (Å²) in [4.78, 5) is 3.50. The van der Waals surface area contributed by atoms with E-state index in [4.69, 9.17) is 5.26 Å². The van der Waals surface area contributed by atoms with Gasteiger partial charge in [0.2, 0.25) is 6.35 Å². The number of rotatable bonds is 1. The number of aliphatic imine (C=N–C) groups is 1. The number of hydrogen-bond donors (Lipinski definition) is 2. The molecule has 1 aliphatic heterocycles. The van der Waals surface area contributed by atoms with Gasteiger partial charge in [-0.25, -0.2) is 14.4 Å². The van der Waals surface area contributed by atoms with Gasteiger partial charge in [-0.05, 0) is 18.2 Å². The summed E-state index contributed by atoms with van der Waals surface area (Å²) in [6, 6.07) is 5.92. The third-order valence-corrected chi connectivity index (χ3v) is 2.31. The zero-order valence-electron chi connectivity index (χ0n) is 8.58. The lowest BCUT2D eigenvalue weighted by atomic mass is 10.1. The van der Waals surface area contributed by atoms with Crippen molar-refractivity contribution in [2.45, 2.75) is 6.35 Å². The van der Waals surface area contributed by atoms with Gasteiger partial charge in [0.15, 0.2) is 0 Å². The van der Waals surface area contributed by atoms with Gasteiger partial charge in [0, 0.05) is 11.8 Å². The third-order valence-electron chi connectivity index (χ3n) is 2.31. The molecule has 1 heterocycles. The minimum absolute atomic E-state index is 0.0248. The average molecular weight is 233 g/mol. The number of nitriles is 1. The minimum atomic E-state index is -1.47. The Morgan fingerprint density at radius 3 is 2.94 bits per heavy atom. The predicted octanol–water partition coefficient (Wildman–Crippen LogP) is 1.09. The van der Waals surface area contributed by atoms with Crippen LogP contribution < -0.4 is 0 Å². The van der Waals surface area contributed by atoms with Crippen LogP contribution in [-0.4, -0.2) is 27.9 Å². The van der Waals surface area contributed by atoms with Gasteiger partial charge in [-0.15, -0.1) is 0 Å². The van der Waals surface area contributed by atoms with E-state index in [2.05, 4.69) is 4.99 Å². The molecule has 0 saturated heterocycles. The van der Waals surface area contributed by atoms with E-state index in [-0.39, 0.29) is 16.8 Å². The number of hydrogen-bond acceptors (Lipinski definition) is 5. The fraction of sp³-hybridized carbons (Fsp3) is 0.0909. The number of benzene rings is 1. The Morgan fingerprint density at radius 1 is 1.47 bits per heavy atom. The van der Waals surface area contributed by atoms with E-state index < -0.39 is 12.2 Å². The molecule has 1 aromatic rings. The molecule has 0 saturated carbocycles. The van der Waals surface area contributed by atoms with Crippen LogP contribution >= 0.6 is 0 Å². The zero-order valence-corrected chi connectivity index (χ0v) is 8.58. The third kappa shape index (κ3) is 1.89. The van der Waals surface area contributed by atoms with Gasteiger partial charge in [-0.1, -0.05) is 6.07 Å². The molecule has 0 fully saturated rings. The van der Waals surface area contributed by atoms with E-state index in [0.29, 0.717) is 5.06 Å². The number of aliphatic hydroxyl groups excluding tert-OH is 1. The average Bonchev–Trinajstić information content (AvgIpc) is 2.33. The van der Waals surface area contributed by atoms with Gasteiger partial charge in [0.25, 0.3) is 0 Å². The fourth-order valence-corrected chi connectivity index (χ4v) is 1.48. The highest BCUT2D eigenvalue weighted by Crippen LogP contribution is 2.25. The molecule has 1 aromatic carbocycles. The standard InChI is InChI=1S/C11H8FN3O2/c12-10-7(6-13)2-1-3-8(10)9-4-5-14-11(16)15(9)17/h1-5,11,16-17H. The summed E-state index contributed by atoms with van der Waals surface area (Å²) in [6.45, 7) is 0. The molecule has 6 heteroatoms. The van der Waals surface area contributed by atoms with E-state index in [1.54, 1.807) is 6.07 Å². The molecule has 2 N–H and O–H groups in total. The maximum atomic E-state index is 13.8. The van der Waals surface area contributed by atoms with Crippen LogP contribution in [0.3, 0.4) is 0 Å². The van der Waals surface area contributed by atoms with Crippen LogP contribution in [0.2, 0.25) is 0 Å². The smallest absolute Gasteiger partial charge is 0.248 e. The summed E-state index contributed by atoms with van der Waals surface area (Å²) in [5, 5.41) is 27.9. The predicted molar refractivity (Wildman–Crippen MR) is 57.2 cm³/mol. The first-order chi connectivity index (χ1) is 8.15. The molecular weight excluding hydrogens is 225 g/mol. The van der Waals surface area contributed by atoms with Crippen LogP contribution in [0.15, 0.2) is 29.3 Å². The Hall–Kier alpha value is -2.23. The minimum Gasteiger partial charge on any atom is -0.353 e. The fourth-order valence-electron chi connectivity index (χ4n) is 1.48. The van der Waals surface area contributed by atoms with Gasteiger partial charge < -0.3 is 5.11 Å². The van der Waals surface area contributed by atoms with E-state index >= 15 is 0 Å². The van der Waals surface area contributed by atoms with E-state index in [0.717, 1.165) is 0 Å². The normalized spacial score (nSPS) is 18.8. The first kappa shape index (κ1) is 11.3. The lowest BCUT2D eigenvalue weighted by molar-refractivity contribution is -0.144. The Morgan fingerprint density at radius 2 is 2.24 bits per heavy atom. The first-order valence-corrected chi connectivity index (χ1v) is 4.74. The van der Waals surface area contributed by atoms with Crippen LogP contribution in [0, 0.1) is 17.1 Å². The molecule has 1 unspecified atom stereocenters. The molecule has 86 valence electrons. The van der Waals surface area contributed by atoms with Crippen molar-refractivity contribution in [2.75, 3.05) is 0 Å². The van der Waals surface area contributed by atoms with Crippen molar-refractivity contribution in [2.24, 2.45) is 4.99 Å². The van der Waals surface area contributed by atoms with Crippen LogP contribution in [0.25, 0.3) is 5.70 Å². The SMILES string of the molecule is N#Cc1cccc(C2=CC=NC(O)N2O)c1F. The summed E-state index contributed by atoms with van der Waals surface area (Å²) in [7, 11) is 0. The molecule has 0 aliphatic carbocycles. The van der Waals surface area contributed by atoms with Crippen molar-refractivity contribution < 1.29 is 14.7 Å². The molecule has 0 spiro atoms. The second-order valence-corrected chi connectivity index (χ2v) is 3.32. The molecule has 0 amide bonds. The summed E-state index contributed by atoms with van der Waals surface area (Å²) in [5.41, 5.74) is -0.0624. The molecular formula is C11H8FN3O2. The Kier molecular flexibility index (Phi) is 2.87. The van der Waals surface area contributed by atoms with Crippen LogP contribution in [-0.2, 0) is 0 Å². The van der Waals surface area contributed by atoms with Gasteiger partial charge in [0.1, 0.15) is 11.9 Å². The molecule has 1 atom stereocenters. The molecule has 5 nitrogen and oxygen atoms in total. The molecule has 0 bridgehead atoms. The van der Waals surface area contributed by atoms with Crippen LogP contribution in [0.4, 0.5) is 4.39 Å². The highest BCUT2D eigenvalue weighted by atomic mass is 19.1. The summed E-state index contributed by atoms with van der Waals surface area (Å²) >= 11 is 0. The number of aliphatic hydroxyl groups is 1. The summed E-state index contributed by atoms with van der Waals surface area (Å²) in [5.74, 6) is -0.747. The summed E-state index contributed by atoms with van der Waals surface area (Å²) in [6.07, 6.45) is 1.12. The van der Waals surface area contributed by atoms with Crippen LogP contribution in [0.5, 0.6) is 0 Å². The van der Waals surface area contributed by atoms with Crippen molar-refractivity contribution in [3.05, 3.63) is 41.2 Å². The molecule has 2 rings (SSSR count). The monoisotopic (exact) mass is 233 g/mol. The van der Waals surface area contributed by atoms with Gasteiger partial charge in [-0.3, -0.25) is 5.21 Å². The topological polar surface area (TPSA) is 79.8 Å². The largest absolute Gasteiger partial charge is 0.353 e. The Labute approximate surface area is 96.3 Å². The first-order valence-electron chi connectivity index (χ1n) is 4.74. The molecule has 0 radical (unpaired) electrons. The molecule has 0 aromatic heterocycles. The van der Waals surface area contributed by atoms with Crippen molar-refractivity contribution in [1.82, 2.24) is 5.06 Å². The van der Waals surface area contributed by atoms with Gasteiger partial charge in [-0.2, -0.15) is 5.26 Å². The lowest BCUT2D eigenvalue weighted by Crippen LogP contribution is -2.31. The number of hydroxylamine groups is 2. The Bertz CT molecular complexity index is 548. The van der Waals surface area contributed by atoms with Crippen LogP contribution in [0.1, 0.15) is 11.1 Å². The van der Waals surface area contributed by atoms with Crippen molar-refractivity contribution in [3.8, 4) is 6.07 Å². The maximum Gasteiger partial charge on any atom is 0.248 e. The maximum absolute atomic E-state index is 13.8. The van der Waals surface area contributed by atoms with E-state index in [1.165, 1.54) is 30.5 Å². The van der Waals surface area contributed by atoms with Crippen molar-refractivity contribution >= 4 is 11.9 Å². The second-order valence-electron chi connectivity index (χ2n) is 3.32. The summed E-state index contributed by atoms with van der Waals surface area (Å²) < 4.78 is 13.8. The van der Waals surface area contributed by atoms with E-state index in [9.17, 15) is 14.7 Å². The van der Waals surface area contributed by atoms with Crippen molar-refractivity contribution in [1.29, 1.82) is 5.26 Å². The van der Waals surface area contributed by atoms with Gasteiger partial charge in [0.05, 0.1) is 11.3 Å². The highest BCUT2D eigenvalue weighted by molar-refractivity contribution is 5.85. The Balaban J connectivity index is 2.52. The second kappa shape index (κ2) is 4.33. The van der Waals surface area contributed by atoms with Gasteiger partial charge >= 0.3 is 0 Å². The molecule has 1 aliphatic rings. The number of allylic oxidation sites excluding steroid dienone is 1. The molecule has 17 heavy (non-hydrogen) atoms. The van der Waals surface area contributed by atoms with E-state index in [1.807, 2.05) is 0 Å².